The Hall–Kier alpha value is -13.5. The highest BCUT2D eigenvalue weighted by Gasteiger charge is 2.43. The van der Waals surface area contributed by atoms with E-state index in [9.17, 15) is 0 Å². The molecule has 10 heteroatoms. The first-order valence-electron chi connectivity index (χ1n) is 48.1. The van der Waals surface area contributed by atoms with Gasteiger partial charge in [-0.3, -0.25) is 0 Å². The molecule has 5 aliphatic rings. The van der Waals surface area contributed by atoms with Crippen LogP contribution in [0, 0.1) is 39.5 Å². The predicted octanol–water partition coefficient (Wildman–Crippen LogP) is 26.1. The van der Waals surface area contributed by atoms with Crippen molar-refractivity contribution in [1.82, 2.24) is 0 Å². The summed E-state index contributed by atoms with van der Waals surface area (Å²) >= 11 is 0. The van der Waals surface area contributed by atoms with E-state index in [1.807, 2.05) is 0 Å². The van der Waals surface area contributed by atoms with Crippen LogP contribution in [-0.4, -0.2) is 25.8 Å². The van der Waals surface area contributed by atoms with Crippen molar-refractivity contribution in [3.05, 3.63) is 554 Å². The van der Waals surface area contributed by atoms with Gasteiger partial charge in [-0.2, -0.15) is 0 Å². The number of fused-ring (bicyclic) bond motifs is 6. The number of hydrogen-bond donors (Lipinski definition) is 0. The molecule has 0 aromatic heterocycles. The van der Waals surface area contributed by atoms with Crippen LogP contribution in [0.25, 0.3) is 54.6 Å². The Balaban J connectivity index is 0.000000121. The van der Waals surface area contributed by atoms with E-state index in [1.54, 1.807) is 0 Å². The van der Waals surface area contributed by atoms with Gasteiger partial charge in [-0.15, -0.1) is 0 Å². The average Bonchev–Trinajstić information content (AvgIpc) is 0.740. The highest BCUT2D eigenvalue weighted by atomic mass is 31.1. The molecule has 0 saturated carbocycles. The molecule has 4 nitrogen and oxygen atoms in total. The standard InChI is InChI=1S/C48H40P2.C44H34P2.C38H30O4P2/c1-33-13-22-39(23-14-33)49(40-24-15-34(2)16-25-40)43-31-38-10-6-7-11-44(38)46(32-43)48-45-12-8-5-9-37(45)21-30-47(48)50(41-26-17-35(3)18-27-41)42-28-19-36(4)20-29-42;1-5-19-35(20-6-1)45(36-21-7-2-8-22-36)41-31-29-33-17-13-15-27-39(33)43(41)44-40-28-16-14-18-34(40)30-32-42(44)46(37-23-9-3-10-24-37)38-25-11-4-12-26-38;1-5-13-27(14-6-1)43(28-15-7-2-8-16-28)33-23-21-31-37(41-25-39-31)35(33)36-34(24-22-32-38(36)42-26-40-32)44(29-17-9-3-10-18-29)30-19-11-4-12-20-30/h5-32H,1-4H3;1-33,39H;1-24,31,37H,25-26H2. The van der Waals surface area contributed by atoms with Gasteiger partial charge in [-0.1, -0.05) is 508 Å². The molecule has 19 aromatic rings. The van der Waals surface area contributed by atoms with Gasteiger partial charge in [-0.05, 0) is 250 Å². The first-order chi connectivity index (χ1) is 69.2. The van der Waals surface area contributed by atoms with Gasteiger partial charge in [-0.25, -0.2) is 0 Å². The lowest BCUT2D eigenvalue weighted by molar-refractivity contribution is 0.0514. The number of ether oxygens (including phenoxy) is 4. The summed E-state index contributed by atoms with van der Waals surface area (Å²) in [6.07, 6.45) is 18.2. The lowest BCUT2D eigenvalue weighted by atomic mass is 9.76. The van der Waals surface area contributed by atoms with E-state index in [1.165, 1.54) is 172 Å². The highest BCUT2D eigenvalue weighted by molar-refractivity contribution is 7.81. The van der Waals surface area contributed by atoms with Crippen molar-refractivity contribution in [2.75, 3.05) is 13.6 Å². The van der Waals surface area contributed by atoms with Crippen LogP contribution in [-0.2, 0) is 9.47 Å². The van der Waals surface area contributed by atoms with Crippen LogP contribution in [0.4, 0.5) is 0 Å². The average molecular weight is 1920 g/mol. The van der Waals surface area contributed by atoms with Crippen molar-refractivity contribution in [3.63, 3.8) is 0 Å². The fourth-order valence-electron chi connectivity index (χ4n) is 20.2. The van der Waals surface area contributed by atoms with Gasteiger partial charge in [0.1, 0.15) is 19.0 Å². The van der Waals surface area contributed by atoms with Crippen LogP contribution in [0.5, 0.6) is 11.5 Å². The number of allylic oxidation sites excluding steroid dienone is 10. The van der Waals surface area contributed by atoms with Gasteiger partial charge < -0.3 is 18.9 Å². The Labute approximate surface area is 830 Å². The molecule has 24 rings (SSSR count). The molecule has 678 valence electrons. The molecule has 0 radical (unpaired) electrons. The molecular formula is C130H104O4P6. The molecule has 1 saturated heterocycles. The molecule has 0 amide bonds. The Kier molecular flexibility index (Phi) is 27.7. The zero-order valence-corrected chi connectivity index (χ0v) is 83.9. The van der Waals surface area contributed by atoms with Crippen LogP contribution in [0.3, 0.4) is 0 Å². The van der Waals surface area contributed by atoms with Crippen LogP contribution in [0.15, 0.2) is 520 Å². The fraction of sp³-hybridized carbons (Fsp3) is 0.0769. The summed E-state index contributed by atoms with van der Waals surface area (Å²) in [5.41, 5.74) is 12.9. The molecule has 19 aromatic carbocycles. The van der Waals surface area contributed by atoms with Gasteiger partial charge in [0.05, 0.1) is 0 Å². The molecule has 3 aliphatic carbocycles. The first kappa shape index (κ1) is 91.6. The quantitative estimate of drug-likeness (QED) is 0.0672. The number of benzene rings is 19. The number of rotatable bonds is 21. The molecule has 2 aliphatic heterocycles. The van der Waals surface area contributed by atoms with Crippen LogP contribution < -0.4 is 94.3 Å². The minimum Gasteiger partial charge on any atom is -0.454 e. The minimum atomic E-state index is -0.946. The summed E-state index contributed by atoms with van der Waals surface area (Å²) < 4.78 is 25.0. The summed E-state index contributed by atoms with van der Waals surface area (Å²) in [4.78, 5) is 0. The molecule has 4 unspecified atom stereocenters. The van der Waals surface area contributed by atoms with E-state index in [0.29, 0.717) is 5.92 Å². The zero-order valence-electron chi connectivity index (χ0n) is 78.5. The predicted molar refractivity (Wildman–Crippen MR) is 607 cm³/mol. The Morgan fingerprint density at radius 1 is 0.236 bits per heavy atom. The van der Waals surface area contributed by atoms with Gasteiger partial charge >= 0.3 is 0 Å². The second-order valence-electron chi connectivity index (χ2n) is 35.8. The Bertz CT molecular complexity index is 7590. The van der Waals surface area contributed by atoms with Crippen LogP contribution in [0.1, 0.15) is 33.4 Å². The van der Waals surface area contributed by atoms with Crippen molar-refractivity contribution in [2.45, 2.75) is 39.9 Å². The minimum absolute atomic E-state index is 0.178. The molecular weight excluding hydrogens is 1810 g/mol. The van der Waals surface area contributed by atoms with E-state index in [-0.39, 0.29) is 31.7 Å². The van der Waals surface area contributed by atoms with E-state index in [2.05, 4.69) is 537 Å². The molecule has 0 N–H and O–H groups in total. The second-order valence-corrected chi connectivity index (χ2v) is 49.0. The normalized spacial score (nSPS) is 15.6. The first-order valence-corrected chi connectivity index (χ1v) is 56.1. The number of hydrogen-bond acceptors (Lipinski definition) is 4. The Morgan fingerprint density at radius 2 is 0.579 bits per heavy atom. The lowest BCUT2D eigenvalue weighted by Crippen LogP contribution is -2.31. The third-order valence-electron chi connectivity index (χ3n) is 26.8. The maximum atomic E-state index is 6.47. The SMILES string of the molecule is C1=CC2C=CC(P(c3ccccc3)c3ccccc3)=C(c3c(P(c4ccccc4)c4ccccc4)ccc4ccccc34)C2C=C1.C1=CC2OCOC2C(c2c(P(c3ccccc3)c3ccccc3)ccc3c2OCO3)=C1P(c1ccccc1)c1ccccc1.Cc1ccc(P(c2ccc(C)cc2)c2cc(-c3c(P(c4ccc(C)cc4)c4ccc(C)cc4)ccc4ccccc34)c3ccccc3c2)cc1. The van der Waals surface area contributed by atoms with E-state index < -0.39 is 47.5 Å². The van der Waals surface area contributed by atoms with Crippen molar-refractivity contribution in [3.8, 4) is 22.6 Å². The van der Waals surface area contributed by atoms with E-state index in [4.69, 9.17) is 18.9 Å². The smallest absolute Gasteiger partial charge is 0.231 e. The topological polar surface area (TPSA) is 36.9 Å². The molecule has 1 fully saturated rings. The summed E-state index contributed by atoms with van der Waals surface area (Å²) in [5, 5.41) is 31.9. The summed E-state index contributed by atoms with van der Waals surface area (Å²) in [5.74, 6) is 2.12. The third kappa shape index (κ3) is 19.1. The monoisotopic (exact) mass is 1910 g/mol. The van der Waals surface area contributed by atoms with Crippen molar-refractivity contribution in [2.24, 2.45) is 11.8 Å². The van der Waals surface area contributed by atoms with E-state index in [0.717, 1.165) is 22.6 Å². The van der Waals surface area contributed by atoms with Gasteiger partial charge in [0.15, 0.2) is 11.5 Å². The molecule has 0 spiro atoms. The molecule has 140 heavy (non-hydrogen) atoms. The maximum absolute atomic E-state index is 6.47. The molecule has 2 heterocycles. The Morgan fingerprint density at radius 3 is 1.02 bits per heavy atom. The van der Waals surface area contributed by atoms with Crippen molar-refractivity contribution < 1.29 is 18.9 Å². The summed E-state index contributed by atoms with van der Waals surface area (Å²) in [6.45, 7) is 9.15. The molecule has 0 bridgehead atoms. The van der Waals surface area contributed by atoms with Crippen LogP contribution in [0.2, 0.25) is 0 Å². The second kappa shape index (κ2) is 42.3. The maximum Gasteiger partial charge on any atom is 0.231 e. The van der Waals surface area contributed by atoms with Crippen molar-refractivity contribution in [1.29, 1.82) is 0 Å². The van der Waals surface area contributed by atoms with Gasteiger partial charge in [0.25, 0.3) is 0 Å². The largest absolute Gasteiger partial charge is 0.454 e. The molecule has 4 atom stereocenters. The van der Waals surface area contributed by atoms with Crippen LogP contribution >= 0.6 is 47.5 Å². The fourth-order valence-corrected chi connectivity index (χ4v) is 34.9. The lowest BCUT2D eigenvalue weighted by Gasteiger charge is -2.36. The van der Waals surface area contributed by atoms with E-state index >= 15 is 0 Å². The summed E-state index contributed by atoms with van der Waals surface area (Å²) in [7, 11) is -5.19. The van der Waals surface area contributed by atoms with Gasteiger partial charge in [0.2, 0.25) is 6.79 Å². The van der Waals surface area contributed by atoms with Crippen molar-refractivity contribution >= 4 is 176 Å². The number of aryl methyl sites for hydroxylation is 4. The summed E-state index contributed by atoms with van der Waals surface area (Å²) in [6, 6.07) is 171. The third-order valence-corrected chi connectivity index (χ3v) is 41.7. The highest BCUT2D eigenvalue weighted by Crippen LogP contribution is 2.58. The zero-order chi connectivity index (χ0) is 94.2. The van der Waals surface area contributed by atoms with Gasteiger partial charge in [0, 0.05) is 23.0 Å².